The first kappa shape index (κ1) is 29.6. The number of benzene rings is 1. The normalized spacial score (nSPS) is 16.0. The zero-order chi connectivity index (χ0) is 25.9. The average Bonchev–Trinajstić information content (AvgIpc) is 2.80. The molecule has 34 heavy (non-hydrogen) atoms. The van der Waals surface area contributed by atoms with E-state index in [2.05, 4.69) is 0 Å². The molecule has 192 valence electrons. The fourth-order valence-corrected chi connectivity index (χ4v) is 4.05. The molecule has 0 aliphatic rings. The molecule has 1 N–H and O–H groups in total. The number of hydrogen-bond donors (Lipinski definition) is 1. The van der Waals surface area contributed by atoms with E-state index in [1.807, 2.05) is 44.2 Å². The minimum absolute atomic E-state index is 0.110. The molecule has 0 saturated heterocycles. The van der Waals surface area contributed by atoms with Gasteiger partial charge in [-0.25, -0.2) is 0 Å². The van der Waals surface area contributed by atoms with Crippen LogP contribution in [0.1, 0.15) is 78.7 Å². The van der Waals surface area contributed by atoms with Crippen molar-refractivity contribution in [2.45, 2.75) is 78.7 Å². The van der Waals surface area contributed by atoms with Crippen molar-refractivity contribution in [1.82, 2.24) is 0 Å². The fraction of sp³-hybridized carbons (Fsp3) is 0.667. The van der Waals surface area contributed by atoms with Crippen molar-refractivity contribution < 1.29 is 33.7 Å². The summed E-state index contributed by atoms with van der Waals surface area (Å²) < 4.78 is 15.8. The topological polar surface area (TPSA) is 99.1 Å². The lowest BCUT2D eigenvalue weighted by Crippen LogP contribution is -2.33. The highest BCUT2D eigenvalue weighted by Crippen LogP contribution is 2.40. The van der Waals surface area contributed by atoms with Gasteiger partial charge < -0.3 is 19.3 Å². The highest BCUT2D eigenvalue weighted by Gasteiger charge is 2.38. The van der Waals surface area contributed by atoms with Gasteiger partial charge in [0.15, 0.2) is 0 Å². The molecule has 0 aromatic heterocycles. The van der Waals surface area contributed by atoms with Crippen LogP contribution in [0.3, 0.4) is 0 Å². The van der Waals surface area contributed by atoms with Crippen molar-refractivity contribution >= 4 is 17.9 Å². The highest BCUT2D eigenvalue weighted by atomic mass is 16.6. The Labute approximate surface area is 204 Å². The summed E-state index contributed by atoms with van der Waals surface area (Å²) in [6.07, 6.45) is 1.68. The van der Waals surface area contributed by atoms with Crippen molar-refractivity contribution in [2.24, 2.45) is 17.3 Å². The molecule has 0 spiro atoms. The third-order valence-electron chi connectivity index (χ3n) is 6.11. The first-order valence-electron chi connectivity index (χ1n) is 12.0. The van der Waals surface area contributed by atoms with Crippen LogP contribution in [0.25, 0.3) is 0 Å². The number of methoxy groups -OCH3 is 1. The van der Waals surface area contributed by atoms with E-state index in [4.69, 9.17) is 19.3 Å². The van der Waals surface area contributed by atoms with Gasteiger partial charge in [-0.2, -0.15) is 0 Å². The number of rotatable bonds is 13. The van der Waals surface area contributed by atoms with Crippen molar-refractivity contribution in [3.8, 4) is 0 Å². The SMILES string of the molecule is CCC(C)(CC(CC(CC(C)C(=O)OC(C)(C)C)C(=O)OCCO)c1ccccc1)C(=O)OC. The van der Waals surface area contributed by atoms with Gasteiger partial charge in [0.2, 0.25) is 0 Å². The summed E-state index contributed by atoms with van der Waals surface area (Å²) >= 11 is 0. The molecule has 1 aromatic rings. The van der Waals surface area contributed by atoms with Crippen molar-refractivity contribution in [3.63, 3.8) is 0 Å². The Hall–Kier alpha value is -2.41. The third-order valence-corrected chi connectivity index (χ3v) is 6.11. The predicted octanol–water partition coefficient (Wildman–Crippen LogP) is 4.66. The van der Waals surface area contributed by atoms with Crippen LogP contribution in [0.2, 0.25) is 0 Å². The molecular formula is C27H42O7. The molecule has 0 heterocycles. The van der Waals surface area contributed by atoms with Crippen molar-refractivity contribution in [3.05, 3.63) is 35.9 Å². The second-order valence-corrected chi connectivity index (χ2v) is 10.2. The van der Waals surface area contributed by atoms with Gasteiger partial charge in [0, 0.05) is 0 Å². The number of carbonyl (C=O) groups excluding carboxylic acids is 3. The van der Waals surface area contributed by atoms with E-state index in [0.717, 1.165) is 5.56 Å². The quantitative estimate of drug-likeness (QED) is 0.325. The number of hydrogen-bond acceptors (Lipinski definition) is 7. The summed E-state index contributed by atoms with van der Waals surface area (Å²) in [5, 5.41) is 9.12. The van der Waals surface area contributed by atoms with Crippen LogP contribution >= 0.6 is 0 Å². The van der Waals surface area contributed by atoms with Crippen LogP contribution in [0.4, 0.5) is 0 Å². The Morgan fingerprint density at radius 2 is 1.62 bits per heavy atom. The summed E-state index contributed by atoms with van der Waals surface area (Å²) in [6.45, 7) is 10.6. The molecule has 4 unspecified atom stereocenters. The number of ether oxygens (including phenoxy) is 3. The molecule has 4 atom stereocenters. The van der Waals surface area contributed by atoms with E-state index in [1.165, 1.54) is 7.11 Å². The lowest BCUT2D eigenvalue weighted by atomic mass is 9.73. The standard InChI is InChI=1S/C27H42O7/c1-8-27(6,25(31)32-7)18-22(20-12-10-9-11-13-20)17-21(24(30)33-15-14-28)16-19(2)23(29)34-26(3,4)5/h9-13,19,21-22,28H,8,14-18H2,1-7H3. The Kier molecular flexibility index (Phi) is 11.7. The van der Waals surface area contributed by atoms with Crippen LogP contribution in [0.5, 0.6) is 0 Å². The Balaban J connectivity index is 3.25. The first-order chi connectivity index (χ1) is 15.9. The second-order valence-electron chi connectivity index (χ2n) is 10.2. The number of aliphatic hydroxyl groups excluding tert-OH is 1. The van der Waals surface area contributed by atoms with Crippen LogP contribution in [-0.4, -0.2) is 48.9 Å². The van der Waals surface area contributed by atoms with Gasteiger partial charge in [-0.15, -0.1) is 0 Å². The number of carbonyl (C=O) groups is 3. The average molecular weight is 479 g/mol. The molecule has 0 radical (unpaired) electrons. The van der Waals surface area contributed by atoms with E-state index in [9.17, 15) is 14.4 Å². The fourth-order valence-electron chi connectivity index (χ4n) is 4.05. The highest BCUT2D eigenvalue weighted by molar-refractivity contribution is 5.77. The van der Waals surface area contributed by atoms with Gasteiger partial charge in [0.1, 0.15) is 12.2 Å². The molecular weight excluding hydrogens is 436 g/mol. The zero-order valence-corrected chi connectivity index (χ0v) is 21.8. The molecule has 0 bridgehead atoms. The zero-order valence-electron chi connectivity index (χ0n) is 21.8. The van der Waals surface area contributed by atoms with E-state index in [1.54, 1.807) is 27.7 Å². The molecule has 7 heteroatoms. The summed E-state index contributed by atoms with van der Waals surface area (Å²) in [5.41, 5.74) is -0.365. The Morgan fingerprint density at radius 1 is 1.00 bits per heavy atom. The van der Waals surface area contributed by atoms with E-state index in [0.29, 0.717) is 19.3 Å². The van der Waals surface area contributed by atoms with Gasteiger partial charge >= 0.3 is 17.9 Å². The number of aliphatic hydroxyl groups is 1. The van der Waals surface area contributed by atoms with E-state index in [-0.39, 0.29) is 37.5 Å². The van der Waals surface area contributed by atoms with E-state index < -0.39 is 28.8 Å². The van der Waals surface area contributed by atoms with Gasteiger partial charge in [0.05, 0.1) is 31.0 Å². The van der Waals surface area contributed by atoms with Gasteiger partial charge in [0.25, 0.3) is 0 Å². The van der Waals surface area contributed by atoms with Gasteiger partial charge in [-0.05, 0) is 64.9 Å². The largest absolute Gasteiger partial charge is 0.469 e. The molecule has 0 saturated carbocycles. The third kappa shape index (κ3) is 9.45. The molecule has 1 aromatic carbocycles. The minimum Gasteiger partial charge on any atom is -0.469 e. The molecule has 0 aliphatic heterocycles. The van der Waals surface area contributed by atoms with Crippen LogP contribution in [0, 0.1) is 17.3 Å². The van der Waals surface area contributed by atoms with Crippen LogP contribution in [-0.2, 0) is 28.6 Å². The lowest BCUT2D eigenvalue weighted by molar-refractivity contribution is -0.161. The summed E-state index contributed by atoms with van der Waals surface area (Å²) in [5.74, 6) is -2.43. The minimum atomic E-state index is -0.731. The molecule has 0 amide bonds. The van der Waals surface area contributed by atoms with Crippen molar-refractivity contribution in [1.29, 1.82) is 0 Å². The molecule has 0 fully saturated rings. The maximum Gasteiger partial charge on any atom is 0.311 e. The second kappa shape index (κ2) is 13.5. The lowest BCUT2D eigenvalue weighted by Gasteiger charge is -2.32. The molecule has 0 aliphatic carbocycles. The van der Waals surface area contributed by atoms with Crippen LogP contribution in [0.15, 0.2) is 30.3 Å². The Bertz CT molecular complexity index is 784. The Morgan fingerprint density at radius 3 is 2.12 bits per heavy atom. The summed E-state index contributed by atoms with van der Waals surface area (Å²) in [7, 11) is 1.38. The molecule has 1 rings (SSSR count). The summed E-state index contributed by atoms with van der Waals surface area (Å²) in [6, 6.07) is 9.71. The summed E-state index contributed by atoms with van der Waals surface area (Å²) in [4.78, 5) is 38.2. The van der Waals surface area contributed by atoms with Crippen molar-refractivity contribution in [2.75, 3.05) is 20.3 Å². The van der Waals surface area contributed by atoms with Gasteiger partial charge in [-0.3, -0.25) is 14.4 Å². The maximum absolute atomic E-state index is 13.0. The smallest absolute Gasteiger partial charge is 0.311 e. The van der Waals surface area contributed by atoms with Crippen LogP contribution < -0.4 is 0 Å². The maximum atomic E-state index is 13.0. The molecule has 7 nitrogen and oxygen atoms in total. The van der Waals surface area contributed by atoms with Gasteiger partial charge in [-0.1, -0.05) is 44.2 Å². The number of esters is 3. The predicted molar refractivity (Wildman–Crippen MR) is 130 cm³/mol. The monoisotopic (exact) mass is 478 g/mol. The van der Waals surface area contributed by atoms with E-state index >= 15 is 0 Å². The first-order valence-corrected chi connectivity index (χ1v) is 12.0.